The summed E-state index contributed by atoms with van der Waals surface area (Å²) in [5.41, 5.74) is 1.02. The molecule has 0 amide bonds. The van der Waals surface area contributed by atoms with Crippen LogP contribution in [-0.4, -0.2) is 38.5 Å². The normalized spacial score (nSPS) is 12.4. The Kier molecular flexibility index (Phi) is 3.88. The number of methoxy groups -OCH3 is 1. The Hall–Kier alpha value is -1.95. The average Bonchev–Trinajstić information content (AvgIpc) is 2.74. The van der Waals surface area contributed by atoms with E-state index in [2.05, 4.69) is 15.4 Å². The Balaban J connectivity index is 1.96. The molecule has 0 aliphatic rings. The van der Waals surface area contributed by atoms with Gasteiger partial charge in [-0.05, 0) is 29.3 Å². The lowest BCUT2D eigenvalue weighted by Gasteiger charge is -2.09. The van der Waals surface area contributed by atoms with Crippen molar-refractivity contribution < 1.29 is 9.84 Å². The van der Waals surface area contributed by atoms with Crippen LogP contribution in [0.2, 0.25) is 0 Å². The lowest BCUT2D eigenvalue weighted by molar-refractivity contribution is 0.172. The molecule has 96 valence electrons. The van der Waals surface area contributed by atoms with Crippen LogP contribution in [0.15, 0.2) is 24.3 Å². The largest absolute Gasteiger partial charge is 0.497 e. The lowest BCUT2D eigenvalue weighted by Crippen LogP contribution is -2.15. The molecule has 0 aliphatic heterocycles. The highest BCUT2D eigenvalue weighted by atomic mass is 16.5. The van der Waals surface area contributed by atoms with E-state index in [0.717, 1.165) is 11.3 Å². The summed E-state index contributed by atoms with van der Waals surface area (Å²) in [5, 5.41) is 21.6. The van der Waals surface area contributed by atoms with Gasteiger partial charge in [-0.2, -0.15) is 4.80 Å². The van der Waals surface area contributed by atoms with Gasteiger partial charge in [0.25, 0.3) is 0 Å². The third-order valence-electron chi connectivity index (χ3n) is 2.57. The molecule has 1 atom stereocenters. The predicted molar refractivity (Wildman–Crippen MR) is 65.2 cm³/mol. The number of nitrogens with zero attached hydrogens (tertiary/aromatic N) is 4. The number of hydrogen-bond acceptors (Lipinski definition) is 5. The van der Waals surface area contributed by atoms with Gasteiger partial charge in [0.15, 0.2) is 5.82 Å². The first kappa shape index (κ1) is 12.5. The summed E-state index contributed by atoms with van der Waals surface area (Å²) in [4.78, 5) is 1.38. The van der Waals surface area contributed by atoms with Gasteiger partial charge in [0.1, 0.15) is 5.75 Å². The molecule has 1 aromatic heterocycles. The summed E-state index contributed by atoms with van der Waals surface area (Å²) in [6.07, 6.45) is 0.404. The van der Waals surface area contributed by atoms with Crippen molar-refractivity contribution in [3.63, 3.8) is 0 Å². The second kappa shape index (κ2) is 5.59. The van der Waals surface area contributed by atoms with E-state index in [1.165, 1.54) is 4.80 Å². The molecule has 0 spiro atoms. The molecule has 18 heavy (non-hydrogen) atoms. The Morgan fingerprint density at radius 1 is 1.39 bits per heavy atom. The molecule has 0 saturated carbocycles. The number of hydrogen-bond donors (Lipinski definition) is 1. The molecule has 6 heteroatoms. The quantitative estimate of drug-likeness (QED) is 0.827. The molecule has 1 heterocycles. The standard InChI is InChI=1S/C12H16N4O2/c1-16-14-12(13-15-16)8-10(17)6-9-4-3-5-11(7-9)18-2/h3-5,7,10,17H,6,8H2,1-2H3. The fourth-order valence-electron chi connectivity index (χ4n) is 1.76. The fraction of sp³-hybridized carbons (Fsp3) is 0.417. The van der Waals surface area contributed by atoms with Gasteiger partial charge in [0.2, 0.25) is 0 Å². The van der Waals surface area contributed by atoms with Crippen molar-refractivity contribution in [3.05, 3.63) is 35.7 Å². The maximum atomic E-state index is 9.97. The van der Waals surface area contributed by atoms with Crippen LogP contribution in [0.5, 0.6) is 5.75 Å². The van der Waals surface area contributed by atoms with Crippen LogP contribution >= 0.6 is 0 Å². The van der Waals surface area contributed by atoms with E-state index in [1.807, 2.05) is 24.3 Å². The van der Waals surface area contributed by atoms with Crippen LogP contribution in [0.4, 0.5) is 0 Å². The van der Waals surface area contributed by atoms with Crippen LogP contribution in [0, 0.1) is 0 Å². The molecule has 0 saturated heterocycles. The Bertz CT molecular complexity index is 512. The summed E-state index contributed by atoms with van der Waals surface area (Å²) in [6, 6.07) is 7.64. The third-order valence-corrected chi connectivity index (χ3v) is 2.57. The van der Waals surface area contributed by atoms with Gasteiger partial charge in [-0.15, -0.1) is 10.2 Å². The number of aromatic nitrogens is 4. The lowest BCUT2D eigenvalue weighted by atomic mass is 10.1. The van der Waals surface area contributed by atoms with Crippen LogP contribution in [0.25, 0.3) is 0 Å². The number of aliphatic hydroxyl groups is 1. The smallest absolute Gasteiger partial charge is 0.177 e. The first-order valence-corrected chi connectivity index (χ1v) is 5.71. The average molecular weight is 248 g/mol. The van der Waals surface area contributed by atoms with E-state index in [9.17, 15) is 5.11 Å². The predicted octanol–water partition coefficient (Wildman–Crippen LogP) is 0.365. The van der Waals surface area contributed by atoms with Gasteiger partial charge in [-0.3, -0.25) is 0 Å². The minimum absolute atomic E-state index is 0.394. The Labute approximate surface area is 105 Å². The fourth-order valence-corrected chi connectivity index (χ4v) is 1.76. The van der Waals surface area contributed by atoms with Crippen molar-refractivity contribution in [1.82, 2.24) is 20.2 Å². The highest BCUT2D eigenvalue weighted by molar-refractivity contribution is 5.28. The first-order valence-electron chi connectivity index (χ1n) is 5.71. The van der Waals surface area contributed by atoms with Crippen LogP contribution in [0.3, 0.4) is 0 Å². The number of aryl methyl sites for hydroxylation is 1. The summed E-state index contributed by atoms with van der Waals surface area (Å²) in [5.74, 6) is 1.34. The number of tetrazole rings is 1. The Morgan fingerprint density at radius 2 is 2.22 bits per heavy atom. The zero-order valence-electron chi connectivity index (χ0n) is 10.4. The molecule has 6 nitrogen and oxygen atoms in total. The maximum absolute atomic E-state index is 9.97. The molecule has 1 aromatic carbocycles. The molecule has 0 radical (unpaired) electrons. The molecular weight excluding hydrogens is 232 g/mol. The SMILES string of the molecule is COc1cccc(CC(O)Cc2nnn(C)n2)c1. The van der Waals surface area contributed by atoms with Crippen molar-refractivity contribution in [2.45, 2.75) is 18.9 Å². The molecule has 0 aliphatic carbocycles. The van der Waals surface area contributed by atoms with Gasteiger partial charge in [0, 0.05) is 6.42 Å². The van der Waals surface area contributed by atoms with Crippen molar-refractivity contribution in [3.8, 4) is 5.75 Å². The van der Waals surface area contributed by atoms with Crippen molar-refractivity contribution >= 4 is 0 Å². The van der Waals surface area contributed by atoms with Gasteiger partial charge < -0.3 is 9.84 Å². The van der Waals surface area contributed by atoms with Crippen LogP contribution in [0.1, 0.15) is 11.4 Å². The second-order valence-corrected chi connectivity index (χ2v) is 4.11. The molecule has 1 unspecified atom stereocenters. The van der Waals surface area contributed by atoms with Gasteiger partial charge >= 0.3 is 0 Å². The van der Waals surface area contributed by atoms with Gasteiger partial charge in [-0.25, -0.2) is 0 Å². The van der Waals surface area contributed by atoms with Crippen molar-refractivity contribution in [2.24, 2.45) is 7.05 Å². The molecule has 0 fully saturated rings. The summed E-state index contributed by atoms with van der Waals surface area (Å²) in [7, 11) is 3.32. The van der Waals surface area contributed by atoms with Crippen molar-refractivity contribution in [2.75, 3.05) is 7.11 Å². The minimum atomic E-state index is -0.527. The summed E-state index contributed by atoms with van der Waals surface area (Å²) in [6.45, 7) is 0. The second-order valence-electron chi connectivity index (χ2n) is 4.11. The molecule has 2 rings (SSSR count). The number of benzene rings is 1. The number of rotatable bonds is 5. The van der Waals surface area contributed by atoms with E-state index in [4.69, 9.17) is 4.74 Å². The van der Waals surface area contributed by atoms with E-state index in [1.54, 1.807) is 14.2 Å². The highest BCUT2D eigenvalue weighted by Crippen LogP contribution is 2.14. The zero-order chi connectivity index (χ0) is 13.0. The zero-order valence-corrected chi connectivity index (χ0v) is 10.4. The summed E-state index contributed by atoms with van der Waals surface area (Å²) >= 11 is 0. The number of aliphatic hydroxyl groups excluding tert-OH is 1. The van der Waals surface area contributed by atoms with E-state index in [-0.39, 0.29) is 0 Å². The highest BCUT2D eigenvalue weighted by Gasteiger charge is 2.11. The number of ether oxygens (including phenoxy) is 1. The Morgan fingerprint density at radius 3 is 2.89 bits per heavy atom. The van der Waals surface area contributed by atoms with Crippen LogP contribution < -0.4 is 4.74 Å². The van der Waals surface area contributed by atoms with E-state index >= 15 is 0 Å². The molecule has 1 N–H and O–H groups in total. The molecule has 2 aromatic rings. The van der Waals surface area contributed by atoms with Gasteiger partial charge in [-0.1, -0.05) is 12.1 Å². The third kappa shape index (κ3) is 3.27. The van der Waals surface area contributed by atoms with E-state index in [0.29, 0.717) is 18.7 Å². The first-order chi connectivity index (χ1) is 8.67. The molecule has 0 bridgehead atoms. The van der Waals surface area contributed by atoms with Crippen molar-refractivity contribution in [1.29, 1.82) is 0 Å². The maximum Gasteiger partial charge on any atom is 0.177 e. The van der Waals surface area contributed by atoms with Gasteiger partial charge in [0.05, 0.1) is 20.3 Å². The van der Waals surface area contributed by atoms with Crippen LogP contribution in [-0.2, 0) is 19.9 Å². The minimum Gasteiger partial charge on any atom is -0.497 e. The monoisotopic (exact) mass is 248 g/mol. The topological polar surface area (TPSA) is 73.1 Å². The summed E-state index contributed by atoms with van der Waals surface area (Å²) < 4.78 is 5.14. The van der Waals surface area contributed by atoms with E-state index < -0.39 is 6.10 Å². The molecular formula is C12H16N4O2.